The van der Waals surface area contributed by atoms with E-state index in [0.29, 0.717) is 19.0 Å². The molecule has 110 valence electrons. The summed E-state index contributed by atoms with van der Waals surface area (Å²) in [6, 6.07) is 4.81. The molecule has 1 heterocycles. The summed E-state index contributed by atoms with van der Waals surface area (Å²) in [5.74, 6) is 0.0951. The minimum absolute atomic E-state index is 0.0232. The number of amides is 1. The number of phenolic OH excluding ortho intramolecular Hbond substituents is 1. The number of benzene rings is 1. The summed E-state index contributed by atoms with van der Waals surface area (Å²) in [4.78, 5) is 14.2. The highest BCUT2D eigenvalue weighted by Gasteiger charge is 2.36. The zero-order valence-electron chi connectivity index (χ0n) is 11.4. The lowest BCUT2D eigenvalue weighted by Crippen LogP contribution is -2.55. The first-order chi connectivity index (χ1) is 9.32. The molecule has 1 unspecified atom stereocenters. The predicted octanol–water partition coefficient (Wildman–Crippen LogP) is 3.01. The van der Waals surface area contributed by atoms with Crippen molar-refractivity contribution in [3.05, 3.63) is 28.2 Å². The largest absolute Gasteiger partial charge is 0.507 e. The van der Waals surface area contributed by atoms with Gasteiger partial charge in [0.05, 0.1) is 23.1 Å². The van der Waals surface area contributed by atoms with Crippen LogP contribution in [0.15, 0.2) is 22.7 Å². The van der Waals surface area contributed by atoms with E-state index in [1.165, 1.54) is 6.07 Å². The van der Waals surface area contributed by atoms with Gasteiger partial charge in [-0.15, -0.1) is 11.6 Å². The average molecular weight is 363 g/mol. The average Bonchev–Trinajstić information content (AvgIpc) is 2.38. The maximum Gasteiger partial charge on any atom is 0.257 e. The first kappa shape index (κ1) is 15.6. The molecule has 1 N–H and O–H groups in total. The smallest absolute Gasteiger partial charge is 0.257 e. The first-order valence-corrected chi connectivity index (χ1v) is 7.67. The number of carbonyl (C=O) groups is 1. The summed E-state index contributed by atoms with van der Waals surface area (Å²) in [5.41, 5.74) is -0.167. The first-order valence-electron chi connectivity index (χ1n) is 6.34. The van der Waals surface area contributed by atoms with Crippen LogP contribution >= 0.6 is 27.5 Å². The highest BCUT2D eigenvalue weighted by molar-refractivity contribution is 9.10. The van der Waals surface area contributed by atoms with Gasteiger partial charge in [0, 0.05) is 17.6 Å². The van der Waals surface area contributed by atoms with Crippen molar-refractivity contribution in [2.24, 2.45) is 0 Å². The van der Waals surface area contributed by atoms with Crippen LogP contribution in [0.3, 0.4) is 0 Å². The van der Waals surface area contributed by atoms with E-state index < -0.39 is 5.60 Å². The molecule has 4 nitrogen and oxygen atoms in total. The van der Waals surface area contributed by atoms with Crippen LogP contribution in [0.5, 0.6) is 5.75 Å². The highest BCUT2D eigenvalue weighted by Crippen LogP contribution is 2.27. The molecule has 0 aliphatic carbocycles. The molecular weight excluding hydrogens is 346 g/mol. The molecule has 20 heavy (non-hydrogen) atoms. The summed E-state index contributed by atoms with van der Waals surface area (Å²) in [6.07, 6.45) is -0.196. The highest BCUT2D eigenvalue weighted by atomic mass is 79.9. The standard InChI is InChI=1S/C14H17BrClNO3/c1-14(2)8-17(7-10(6-16)20-14)13(19)11-5-9(15)3-4-12(11)18/h3-5,10,18H,6-8H2,1-2H3. The van der Waals surface area contributed by atoms with Crippen LogP contribution in [-0.4, -0.2) is 46.6 Å². The van der Waals surface area contributed by atoms with E-state index in [-0.39, 0.29) is 23.3 Å². The quantitative estimate of drug-likeness (QED) is 0.823. The second-order valence-electron chi connectivity index (χ2n) is 5.50. The SMILES string of the molecule is CC1(C)CN(C(=O)c2cc(Br)ccc2O)CC(CCl)O1. The van der Waals surface area contributed by atoms with Crippen molar-refractivity contribution in [1.82, 2.24) is 4.90 Å². The van der Waals surface area contributed by atoms with Crippen LogP contribution in [0.4, 0.5) is 0 Å². The Hall–Kier alpha value is -0.780. The van der Waals surface area contributed by atoms with Crippen molar-refractivity contribution in [3.8, 4) is 5.75 Å². The molecule has 1 saturated heterocycles. The van der Waals surface area contributed by atoms with E-state index in [4.69, 9.17) is 16.3 Å². The number of hydrogen-bond acceptors (Lipinski definition) is 3. The fourth-order valence-corrected chi connectivity index (χ4v) is 2.90. The lowest BCUT2D eigenvalue weighted by Gasteiger charge is -2.42. The number of nitrogens with zero attached hydrogens (tertiary/aromatic N) is 1. The van der Waals surface area contributed by atoms with Gasteiger partial charge in [0.2, 0.25) is 0 Å². The molecular formula is C14H17BrClNO3. The zero-order valence-corrected chi connectivity index (χ0v) is 13.7. The van der Waals surface area contributed by atoms with Crippen molar-refractivity contribution >= 4 is 33.4 Å². The van der Waals surface area contributed by atoms with Gasteiger partial charge in [-0.05, 0) is 32.0 Å². The van der Waals surface area contributed by atoms with E-state index in [1.807, 2.05) is 13.8 Å². The Bertz CT molecular complexity index is 521. The fourth-order valence-electron chi connectivity index (χ4n) is 2.38. The van der Waals surface area contributed by atoms with Crippen molar-refractivity contribution in [2.75, 3.05) is 19.0 Å². The summed E-state index contributed by atoms with van der Waals surface area (Å²) in [5, 5.41) is 9.86. The van der Waals surface area contributed by atoms with Crippen LogP contribution in [-0.2, 0) is 4.74 Å². The van der Waals surface area contributed by atoms with Crippen molar-refractivity contribution in [1.29, 1.82) is 0 Å². The van der Waals surface area contributed by atoms with Gasteiger partial charge in [-0.2, -0.15) is 0 Å². The van der Waals surface area contributed by atoms with E-state index in [9.17, 15) is 9.90 Å². The Kier molecular flexibility index (Phi) is 4.62. The van der Waals surface area contributed by atoms with Crippen LogP contribution in [0, 0.1) is 0 Å². The Morgan fingerprint density at radius 2 is 2.30 bits per heavy atom. The molecule has 1 amide bonds. The fraction of sp³-hybridized carbons (Fsp3) is 0.500. The molecule has 1 aromatic rings. The van der Waals surface area contributed by atoms with Gasteiger partial charge < -0.3 is 14.7 Å². The molecule has 6 heteroatoms. The van der Waals surface area contributed by atoms with E-state index >= 15 is 0 Å². The number of carbonyl (C=O) groups excluding carboxylic acids is 1. The number of rotatable bonds is 2. The van der Waals surface area contributed by atoms with Gasteiger partial charge in [0.15, 0.2) is 0 Å². The van der Waals surface area contributed by atoms with Crippen LogP contribution in [0.2, 0.25) is 0 Å². The molecule has 0 saturated carbocycles. The van der Waals surface area contributed by atoms with Crippen molar-refractivity contribution in [2.45, 2.75) is 25.6 Å². The molecule has 0 bridgehead atoms. The lowest BCUT2D eigenvalue weighted by atomic mass is 10.0. The van der Waals surface area contributed by atoms with Gasteiger partial charge in [0.25, 0.3) is 5.91 Å². The number of halogens is 2. The Morgan fingerprint density at radius 3 is 2.95 bits per heavy atom. The molecule has 1 atom stereocenters. The van der Waals surface area contributed by atoms with Crippen LogP contribution in [0.1, 0.15) is 24.2 Å². The van der Waals surface area contributed by atoms with Gasteiger partial charge in [-0.25, -0.2) is 0 Å². The number of phenols is 1. The maximum absolute atomic E-state index is 12.6. The third kappa shape index (κ3) is 3.45. The number of alkyl halides is 1. The Morgan fingerprint density at radius 1 is 1.60 bits per heavy atom. The summed E-state index contributed by atoms with van der Waals surface area (Å²) in [6.45, 7) is 4.74. The lowest BCUT2D eigenvalue weighted by molar-refractivity contribution is -0.117. The van der Waals surface area contributed by atoms with Gasteiger partial charge in [-0.3, -0.25) is 4.79 Å². The van der Waals surface area contributed by atoms with Crippen LogP contribution in [0.25, 0.3) is 0 Å². The molecule has 2 rings (SSSR count). The van der Waals surface area contributed by atoms with E-state index in [1.54, 1.807) is 17.0 Å². The number of hydrogen-bond donors (Lipinski definition) is 1. The summed E-state index contributed by atoms with van der Waals surface area (Å²) in [7, 11) is 0. The van der Waals surface area contributed by atoms with Gasteiger partial charge in [0.1, 0.15) is 5.75 Å². The second-order valence-corrected chi connectivity index (χ2v) is 6.73. The van der Waals surface area contributed by atoms with Crippen molar-refractivity contribution < 1.29 is 14.6 Å². The topological polar surface area (TPSA) is 49.8 Å². The number of ether oxygens (including phenoxy) is 1. The van der Waals surface area contributed by atoms with Crippen LogP contribution < -0.4 is 0 Å². The normalized spacial score (nSPS) is 21.8. The molecule has 0 spiro atoms. The predicted molar refractivity (Wildman–Crippen MR) is 81.4 cm³/mol. The molecule has 1 aliphatic rings. The zero-order chi connectivity index (χ0) is 14.9. The number of aromatic hydroxyl groups is 1. The number of morpholine rings is 1. The van der Waals surface area contributed by atoms with E-state index in [2.05, 4.69) is 15.9 Å². The minimum Gasteiger partial charge on any atom is -0.507 e. The molecule has 1 aromatic carbocycles. The van der Waals surface area contributed by atoms with Gasteiger partial charge in [-0.1, -0.05) is 15.9 Å². The molecule has 1 fully saturated rings. The molecule has 0 radical (unpaired) electrons. The maximum atomic E-state index is 12.6. The van der Waals surface area contributed by atoms with E-state index in [0.717, 1.165) is 4.47 Å². The minimum atomic E-state index is -0.449. The molecule has 1 aliphatic heterocycles. The van der Waals surface area contributed by atoms with Crippen molar-refractivity contribution in [3.63, 3.8) is 0 Å². The summed E-state index contributed by atoms with van der Waals surface area (Å²) >= 11 is 9.17. The summed E-state index contributed by atoms with van der Waals surface area (Å²) < 4.78 is 6.55. The third-order valence-corrected chi connectivity index (χ3v) is 3.97. The molecule has 0 aromatic heterocycles. The third-order valence-electron chi connectivity index (χ3n) is 3.13. The Labute approximate surface area is 131 Å². The Balaban J connectivity index is 2.25. The van der Waals surface area contributed by atoms with Gasteiger partial charge >= 0.3 is 0 Å². The second kappa shape index (κ2) is 5.92. The monoisotopic (exact) mass is 361 g/mol.